The normalized spacial score (nSPS) is 20.6. The number of nitrogens with one attached hydrogen (secondary N) is 1. The van der Waals surface area contributed by atoms with Crippen LogP contribution in [0.15, 0.2) is 0 Å². The summed E-state index contributed by atoms with van der Waals surface area (Å²) in [6.07, 6.45) is 9.90. The highest BCUT2D eigenvalue weighted by Crippen LogP contribution is 2.48. The lowest BCUT2D eigenvalue weighted by atomic mass is 9.70. The van der Waals surface area contributed by atoms with E-state index in [9.17, 15) is 4.79 Å². The van der Waals surface area contributed by atoms with Crippen LogP contribution in [0, 0.1) is 11.3 Å². The summed E-state index contributed by atoms with van der Waals surface area (Å²) in [4.78, 5) is 10.3. The Morgan fingerprint density at radius 1 is 1.44 bits per heavy atom. The van der Waals surface area contributed by atoms with Crippen molar-refractivity contribution in [3.63, 3.8) is 0 Å². The number of hydrogen-bond donors (Lipinski definition) is 2. The Hall–Kier alpha value is -0.180. The molecule has 1 N–H and O–H groups in total. The van der Waals surface area contributed by atoms with E-state index in [-0.39, 0.29) is 0 Å². The summed E-state index contributed by atoms with van der Waals surface area (Å²) in [7, 11) is 0. The third-order valence-electron chi connectivity index (χ3n) is 4.29. The van der Waals surface area contributed by atoms with Gasteiger partial charge in [-0.15, -0.1) is 0 Å². The molecule has 1 rings (SSSR count). The molecule has 0 spiro atoms. The van der Waals surface area contributed by atoms with Crippen LogP contribution in [0.5, 0.6) is 0 Å². The SMILES string of the molecule is CC(CCCS)C1(CCNC=O)CCCC1. The molecule has 1 aliphatic rings. The molecule has 0 heterocycles. The van der Waals surface area contributed by atoms with Crippen molar-refractivity contribution in [3.05, 3.63) is 0 Å². The molecule has 0 aromatic rings. The molecule has 1 atom stereocenters. The van der Waals surface area contributed by atoms with E-state index < -0.39 is 0 Å². The number of carbonyl (C=O) groups is 1. The molecule has 1 aliphatic carbocycles. The van der Waals surface area contributed by atoms with Gasteiger partial charge in [-0.25, -0.2) is 0 Å². The van der Waals surface area contributed by atoms with Gasteiger partial charge in [-0.1, -0.05) is 19.8 Å². The van der Waals surface area contributed by atoms with Gasteiger partial charge < -0.3 is 5.32 Å². The molecule has 1 fully saturated rings. The molecule has 0 aliphatic heterocycles. The number of rotatable bonds is 8. The summed E-state index contributed by atoms with van der Waals surface area (Å²) in [5.41, 5.74) is 0.499. The Morgan fingerprint density at radius 3 is 2.69 bits per heavy atom. The topological polar surface area (TPSA) is 29.1 Å². The summed E-state index contributed by atoms with van der Waals surface area (Å²) < 4.78 is 0. The Balaban J connectivity index is 2.46. The second-order valence-corrected chi connectivity index (χ2v) is 5.61. The van der Waals surface area contributed by atoms with E-state index in [1.54, 1.807) is 0 Å². The Bertz CT molecular complexity index is 202. The quantitative estimate of drug-likeness (QED) is 0.383. The van der Waals surface area contributed by atoms with E-state index in [4.69, 9.17) is 0 Å². The van der Waals surface area contributed by atoms with Gasteiger partial charge in [0.15, 0.2) is 0 Å². The van der Waals surface area contributed by atoms with Gasteiger partial charge in [0.25, 0.3) is 0 Å². The van der Waals surface area contributed by atoms with Crippen LogP contribution < -0.4 is 5.32 Å². The fourth-order valence-corrected chi connectivity index (χ4v) is 3.33. The maximum absolute atomic E-state index is 10.3. The molecular weight excluding hydrogens is 218 g/mol. The molecule has 1 amide bonds. The zero-order valence-electron chi connectivity index (χ0n) is 10.4. The monoisotopic (exact) mass is 243 g/mol. The maximum Gasteiger partial charge on any atom is 0.207 e. The van der Waals surface area contributed by atoms with Crippen molar-refractivity contribution in [1.29, 1.82) is 0 Å². The van der Waals surface area contributed by atoms with Gasteiger partial charge in [0.05, 0.1) is 0 Å². The molecule has 0 saturated heterocycles. The second-order valence-electron chi connectivity index (χ2n) is 5.16. The van der Waals surface area contributed by atoms with Crippen LogP contribution in [0.3, 0.4) is 0 Å². The molecule has 0 aromatic carbocycles. The van der Waals surface area contributed by atoms with E-state index in [2.05, 4.69) is 24.9 Å². The van der Waals surface area contributed by atoms with Crippen molar-refractivity contribution in [1.82, 2.24) is 5.32 Å². The molecule has 0 aromatic heterocycles. The first-order valence-corrected chi connectivity index (χ1v) is 7.16. The standard InChI is InChI=1S/C13H25NOS/c1-12(5-4-10-16)13(6-2-3-7-13)8-9-14-11-15/h11-12,16H,2-10H2,1H3,(H,14,15). The minimum atomic E-state index is 0.499. The van der Waals surface area contributed by atoms with Crippen LogP contribution in [0.1, 0.15) is 51.9 Å². The van der Waals surface area contributed by atoms with Crippen molar-refractivity contribution in [2.24, 2.45) is 11.3 Å². The maximum atomic E-state index is 10.3. The predicted molar refractivity (Wildman–Crippen MR) is 71.8 cm³/mol. The molecule has 1 unspecified atom stereocenters. The summed E-state index contributed by atoms with van der Waals surface area (Å²) in [6.45, 7) is 3.23. The Kier molecular flexibility index (Phi) is 6.25. The van der Waals surface area contributed by atoms with E-state index >= 15 is 0 Å². The molecule has 0 bridgehead atoms. The highest BCUT2D eigenvalue weighted by atomic mass is 32.1. The average molecular weight is 243 g/mol. The summed E-state index contributed by atoms with van der Waals surface area (Å²) >= 11 is 4.29. The first kappa shape index (κ1) is 13.9. The lowest BCUT2D eigenvalue weighted by Crippen LogP contribution is -2.30. The van der Waals surface area contributed by atoms with E-state index in [1.165, 1.54) is 38.5 Å². The minimum absolute atomic E-state index is 0.499. The summed E-state index contributed by atoms with van der Waals surface area (Å²) in [5.74, 6) is 1.77. The molecule has 16 heavy (non-hydrogen) atoms. The number of amides is 1. The molecule has 2 nitrogen and oxygen atoms in total. The molecule has 1 saturated carbocycles. The fraction of sp³-hybridized carbons (Fsp3) is 0.923. The number of carbonyl (C=O) groups excluding carboxylic acids is 1. The molecule has 0 radical (unpaired) electrons. The van der Waals surface area contributed by atoms with Gasteiger partial charge in [-0.2, -0.15) is 12.6 Å². The predicted octanol–water partition coefficient (Wildman–Crippen LogP) is 3.03. The van der Waals surface area contributed by atoms with Crippen LogP contribution >= 0.6 is 12.6 Å². The van der Waals surface area contributed by atoms with E-state index in [1.807, 2.05) is 0 Å². The minimum Gasteiger partial charge on any atom is -0.359 e. The van der Waals surface area contributed by atoms with Gasteiger partial charge >= 0.3 is 0 Å². The van der Waals surface area contributed by atoms with Crippen molar-refractivity contribution in [2.75, 3.05) is 12.3 Å². The highest BCUT2D eigenvalue weighted by molar-refractivity contribution is 7.80. The number of hydrogen-bond acceptors (Lipinski definition) is 2. The van der Waals surface area contributed by atoms with Crippen molar-refractivity contribution in [3.8, 4) is 0 Å². The fourth-order valence-electron chi connectivity index (χ4n) is 3.15. The smallest absolute Gasteiger partial charge is 0.207 e. The van der Waals surface area contributed by atoms with Gasteiger partial charge in [-0.05, 0) is 49.2 Å². The zero-order valence-corrected chi connectivity index (χ0v) is 11.3. The lowest BCUT2D eigenvalue weighted by molar-refractivity contribution is -0.109. The van der Waals surface area contributed by atoms with E-state index in [0.717, 1.165) is 31.0 Å². The second kappa shape index (κ2) is 7.21. The van der Waals surface area contributed by atoms with Crippen molar-refractivity contribution >= 4 is 19.0 Å². The Labute approximate surface area is 105 Å². The van der Waals surface area contributed by atoms with Crippen LogP contribution in [-0.2, 0) is 4.79 Å². The Morgan fingerprint density at radius 2 is 2.12 bits per heavy atom. The van der Waals surface area contributed by atoms with Crippen LogP contribution in [0.25, 0.3) is 0 Å². The van der Waals surface area contributed by atoms with Gasteiger partial charge in [0.2, 0.25) is 6.41 Å². The van der Waals surface area contributed by atoms with Crippen molar-refractivity contribution in [2.45, 2.75) is 51.9 Å². The average Bonchev–Trinajstić information content (AvgIpc) is 2.76. The first-order valence-electron chi connectivity index (χ1n) is 6.53. The van der Waals surface area contributed by atoms with Crippen LogP contribution in [0.4, 0.5) is 0 Å². The largest absolute Gasteiger partial charge is 0.359 e. The third kappa shape index (κ3) is 3.69. The van der Waals surface area contributed by atoms with E-state index in [0.29, 0.717) is 5.41 Å². The third-order valence-corrected chi connectivity index (χ3v) is 4.61. The van der Waals surface area contributed by atoms with Crippen LogP contribution in [-0.4, -0.2) is 18.7 Å². The molecule has 94 valence electrons. The molecular formula is C13H25NOS. The van der Waals surface area contributed by atoms with Gasteiger partial charge in [0, 0.05) is 6.54 Å². The lowest BCUT2D eigenvalue weighted by Gasteiger charge is -2.36. The zero-order chi connectivity index (χ0) is 11.9. The molecule has 3 heteroatoms. The number of thiol groups is 1. The van der Waals surface area contributed by atoms with Gasteiger partial charge in [-0.3, -0.25) is 4.79 Å². The van der Waals surface area contributed by atoms with Gasteiger partial charge in [0.1, 0.15) is 0 Å². The summed E-state index contributed by atoms with van der Waals surface area (Å²) in [6, 6.07) is 0. The first-order chi connectivity index (χ1) is 7.75. The summed E-state index contributed by atoms with van der Waals surface area (Å²) in [5, 5.41) is 2.82. The highest BCUT2D eigenvalue weighted by Gasteiger charge is 2.37. The van der Waals surface area contributed by atoms with Crippen molar-refractivity contribution < 1.29 is 4.79 Å². The van der Waals surface area contributed by atoms with Crippen LogP contribution in [0.2, 0.25) is 0 Å².